The summed E-state index contributed by atoms with van der Waals surface area (Å²) in [4.78, 5) is 32.7. The van der Waals surface area contributed by atoms with E-state index >= 15 is 0 Å². The smallest absolute Gasteiger partial charge is 0.270 e. The number of ether oxygens (including phenoxy) is 1. The number of carbonyl (C=O) groups is 2. The van der Waals surface area contributed by atoms with Gasteiger partial charge in [0.25, 0.3) is 5.91 Å². The third-order valence-electron chi connectivity index (χ3n) is 4.86. The summed E-state index contributed by atoms with van der Waals surface area (Å²) in [5, 5.41) is 5.55. The third kappa shape index (κ3) is 5.52. The van der Waals surface area contributed by atoms with Crippen LogP contribution < -0.4 is 15.4 Å². The molecule has 2 atom stereocenters. The molecule has 1 saturated carbocycles. The van der Waals surface area contributed by atoms with E-state index in [1.54, 1.807) is 0 Å². The van der Waals surface area contributed by atoms with Gasteiger partial charge < -0.3 is 10.1 Å². The number of nitrogens with zero attached hydrogens (tertiary/aromatic N) is 2. The molecule has 1 aliphatic rings. The summed E-state index contributed by atoms with van der Waals surface area (Å²) in [5.41, 5.74) is 2.82. The SMILES string of the molecule is Cc1cc(C(C)NC(=O)c2ccnc(NC(=O)C3CC3)n2)cc(C)c1OC[C@@H](C)F. The van der Waals surface area contributed by atoms with Gasteiger partial charge in [-0.2, -0.15) is 0 Å². The molecular weight excluding hydrogens is 387 g/mol. The van der Waals surface area contributed by atoms with Crippen molar-refractivity contribution in [3.8, 4) is 5.75 Å². The minimum atomic E-state index is -1.05. The molecule has 1 heterocycles. The molecule has 3 rings (SSSR count). The molecule has 1 aromatic heterocycles. The van der Waals surface area contributed by atoms with Crippen molar-refractivity contribution in [3.63, 3.8) is 0 Å². The third-order valence-corrected chi connectivity index (χ3v) is 4.86. The second-order valence-corrected chi connectivity index (χ2v) is 7.80. The van der Waals surface area contributed by atoms with Crippen molar-refractivity contribution in [2.24, 2.45) is 5.92 Å². The van der Waals surface area contributed by atoms with Crippen molar-refractivity contribution in [1.29, 1.82) is 0 Å². The monoisotopic (exact) mass is 414 g/mol. The standard InChI is InChI=1S/C22H27FN4O3/c1-12-9-17(10-13(2)19(12)30-11-14(3)23)15(4)25-21(29)18-7-8-24-22(26-18)27-20(28)16-5-6-16/h7-10,14-16H,5-6,11H2,1-4H3,(H,25,29)(H,24,26,27,28)/t14-,15?/m1/s1. The highest BCUT2D eigenvalue weighted by Gasteiger charge is 2.30. The zero-order chi connectivity index (χ0) is 21.8. The first-order valence-corrected chi connectivity index (χ1v) is 10.1. The van der Waals surface area contributed by atoms with Crippen molar-refractivity contribution in [2.45, 2.75) is 52.8 Å². The van der Waals surface area contributed by atoms with Gasteiger partial charge in [-0.1, -0.05) is 12.1 Å². The van der Waals surface area contributed by atoms with Crippen LogP contribution in [-0.2, 0) is 4.79 Å². The van der Waals surface area contributed by atoms with Gasteiger partial charge in [0.05, 0.1) is 6.04 Å². The molecule has 0 spiro atoms. The number of aromatic nitrogens is 2. The van der Waals surface area contributed by atoms with E-state index in [0.29, 0.717) is 5.75 Å². The van der Waals surface area contributed by atoms with Crippen LogP contribution >= 0.6 is 0 Å². The van der Waals surface area contributed by atoms with E-state index < -0.39 is 6.17 Å². The fraction of sp³-hybridized carbons (Fsp3) is 0.455. The Balaban J connectivity index is 1.67. The van der Waals surface area contributed by atoms with Gasteiger partial charge in [0.15, 0.2) is 0 Å². The summed E-state index contributed by atoms with van der Waals surface area (Å²) in [7, 11) is 0. The molecule has 0 saturated heterocycles. The van der Waals surface area contributed by atoms with E-state index in [1.807, 2.05) is 32.9 Å². The average molecular weight is 414 g/mol. The molecule has 0 bridgehead atoms. The Labute approximate surface area is 175 Å². The van der Waals surface area contributed by atoms with Crippen LogP contribution in [-0.4, -0.2) is 34.6 Å². The lowest BCUT2D eigenvalue weighted by atomic mass is 10.0. The van der Waals surface area contributed by atoms with Gasteiger partial charge in [0.1, 0.15) is 24.2 Å². The fourth-order valence-corrected chi connectivity index (χ4v) is 3.12. The molecule has 8 heteroatoms. The first-order chi connectivity index (χ1) is 14.2. The zero-order valence-corrected chi connectivity index (χ0v) is 17.7. The predicted molar refractivity (Wildman–Crippen MR) is 111 cm³/mol. The Morgan fingerprint density at radius 2 is 1.90 bits per heavy atom. The Morgan fingerprint density at radius 1 is 1.23 bits per heavy atom. The van der Waals surface area contributed by atoms with Crippen molar-refractivity contribution in [2.75, 3.05) is 11.9 Å². The van der Waals surface area contributed by atoms with E-state index in [2.05, 4.69) is 20.6 Å². The largest absolute Gasteiger partial charge is 0.490 e. The van der Waals surface area contributed by atoms with Crippen molar-refractivity contribution in [3.05, 3.63) is 46.8 Å². The molecule has 2 aromatic rings. The number of rotatable bonds is 8. The highest BCUT2D eigenvalue weighted by molar-refractivity contribution is 5.95. The fourth-order valence-electron chi connectivity index (χ4n) is 3.12. The molecule has 0 radical (unpaired) electrons. The minimum absolute atomic E-state index is 0.000641. The van der Waals surface area contributed by atoms with Crippen molar-refractivity contribution >= 4 is 17.8 Å². The molecular formula is C22H27FN4O3. The van der Waals surface area contributed by atoms with Crippen molar-refractivity contribution in [1.82, 2.24) is 15.3 Å². The quantitative estimate of drug-likeness (QED) is 0.687. The summed E-state index contributed by atoms with van der Waals surface area (Å²) in [6, 6.07) is 5.04. The normalized spacial score (nSPS) is 15.2. The highest BCUT2D eigenvalue weighted by atomic mass is 19.1. The van der Waals surface area contributed by atoms with Gasteiger partial charge in [-0.05, 0) is 63.3 Å². The van der Waals surface area contributed by atoms with Crippen LogP contribution in [0.1, 0.15) is 59.9 Å². The van der Waals surface area contributed by atoms with Crippen LogP contribution in [0, 0.1) is 19.8 Å². The van der Waals surface area contributed by atoms with Gasteiger partial charge >= 0.3 is 0 Å². The minimum Gasteiger partial charge on any atom is -0.490 e. The number of amides is 2. The lowest BCUT2D eigenvalue weighted by Crippen LogP contribution is -2.28. The number of anilines is 1. The van der Waals surface area contributed by atoms with Crippen LogP contribution in [0.5, 0.6) is 5.75 Å². The summed E-state index contributed by atoms with van der Waals surface area (Å²) in [6.07, 6.45) is 2.15. The van der Waals surface area contributed by atoms with Gasteiger partial charge in [-0.3, -0.25) is 14.9 Å². The predicted octanol–water partition coefficient (Wildman–Crippen LogP) is 3.67. The maximum absolute atomic E-state index is 13.1. The number of halogens is 1. The van der Waals surface area contributed by atoms with Crippen LogP contribution in [0.3, 0.4) is 0 Å². The summed E-state index contributed by atoms with van der Waals surface area (Å²) < 4.78 is 18.7. The van der Waals surface area contributed by atoms with E-state index in [-0.39, 0.29) is 42.0 Å². The van der Waals surface area contributed by atoms with E-state index in [0.717, 1.165) is 29.5 Å². The second kappa shape index (κ2) is 9.19. The molecule has 1 aromatic carbocycles. The Hall–Kier alpha value is -3.03. The molecule has 160 valence electrons. The molecule has 1 aliphatic carbocycles. The number of hydrogen-bond acceptors (Lipinski definition) is 5. The Kier molecular flexibility index (Phi) is 6.64. The van der Waals surface area contributed by atoms with Gasteiger partial charge in [0.2, 0.25) is 11.9 Å². The number of carbonyl (C=O) groups excluding carboxylic acids is 2. The maximum Gasteiger partial charge on any atom is 0.270 e. The zero-order valence-electron chi connectivity index (χ0n) is 17.7. The molecule has 7 nitrogen and oxygen atoms in total. The molecule has 30 heavy (non-hydrogen) atoms. The first kappa shape index (κ1) is 21.7. The van der Waals surface area contributed by atoms with E-state index in [4.69, 9.17) is 4.74 Å². The van der Waals surface area contributed by atoms with Crippen molar-refractivity contribution < 1.29 is 18.7 Å². The molecule has 0 aliphatic heterocycles. The molecule has 1 fully saturated rings. The van der Waals surface area contributed by atoms with E-state index in [9.17, 15) is 14.0 Å². The van der Waals surface area contributed by atoms with Gasteiger partial charge in [-0.25, -0.2) is 14.4 Å². The van der Waals surface area contributed by atoms with Crippen LogP contribution in [0.4, 0.5) is 10.3 Å². The topological polar surface area (TPSA) is 93.2 Å². The lowest BCUT2D eigenvalue weighted by molar-refractivity contribution is -0.117. The van der Waals surface area contributed by atoms with E-state index in [1.165, 1.54) is 19.2 Å². The maximum atomic E-state index is 13.1. The number of alkyl halides is 1. The van der Waals surface area contributed by atoms with Crippen LogP contribution in [0.15, 0.2) is 24.4 Å². The summed E-state index contributed by atoms with van der Waals surface area (Å²) in [6.45, 7) is 7.10. The molecule has 2 amide bonds. The number of hydrogen-bond donors (Lipinski definition) is 2. The van der Waals surface area contributed by atoms with Gasteiger partial charge in [-0.15, -0.1) is 0 Å². The number of aryl methyl sites for hydroxylation is 2. The Bertz CT molecular complexity index is 921. The lowest BCUT2D eigenvalue weighted by Gasteiger charge is -2.19. The molecule has 2 N–H and O–H groups in total. The highest BCUT2D eigenvalue weighted by Crippen LogP contribution is 2.30. The number of nitrogens with one attached hydrogen (secondary N) is 2. The van der Waals surface area contributed by atoms with Crippen LogP contribution in [0.25, 0.3) is 0 Å². The number of benzene rings is 1. The first-order valence-electron chi connectivity index (χ1n) is 10.1. The average Bonchev–Trinajstić information content (AvgIpc) is 3.52. The summed E-state index contributed by atoms with van der Waals surface area (Å²) >= 11 is 0. The molecule has 1 unspecified atom stereocenters. The Morgan fingerprint density at radius 3 is 2.50 bits per heavy atom. The van der Waals surface area contributed by atoms with Crippen LogP contribution in [0.2, 0.25) is 0 Å². The second-order valence-electron chi connectivity index (χ2n) is 7.80. The summed E-state index contributed by atoms with van der Waals surface area (Å²) in [5.74, 6) is 0.332. The van der Waals surface area contributed by atoms with Gasteiger partial charge in [0, 0.05) is 12.1 Å².